The van der Waals surface area contributed by atoms with E-state index in [0.29, 0.717) is 19.0 Å². The van der Waals surface area contributed by atoms with Crippen molar-refractivity contribution in [3.8, 4) is 0 Å². The fourth-order valence-electron chi connectivity index (χ4n) is 2.34. The van der Waals surface area contributed by atoms with Gasteiger partial charge in [-0.3, -0.25) is 9.98 Å². The molecule has 27 heavy (non-hydrogen) atoms. The van der Waals surface area contributed by atoms with Gasteiger partial charge in [-0.05, 0) is 24.6 Å². The molecule has 0 amide bonds. The minimum Gasteiger partial charge on any atom is -0.357 e. The summed E-state index contributed by atoms with van der Waals surface area (Å²) < 4.78 is 26.8. The van der Waals surface area contributed by atoms with Crippen LogP contribution >= 0.6 is 0 Å². The number of benzene rings is 1. The van der Waals surface area contributed by atoms with Gasteiger partial charge in [0.2, 0.25) is 10.0 Å². The van der Waals surface area contributed by atoms with Crippen LogP contribution in [0.1, 0.15) is 18.2 Å². The van der Waals surface area contributed by atoms with E-state index in [1.54, 1.807) is 6.20 Å². The fraction of sp³-hybridized carbons (Fsp3) is 0.368. The molecule has 1 aromatic carbocycles. The van der Waals surface area contributed by atoms with E-state index in [9.17, 15) is 8.42 Å². The number of pyridine rings is 1. The summed E-state index contributed by atoms with van der Waals surface area (Å²) in [5.74, 6) is 0.545. The summed E-state index contributed by atoms with van der Waals surface area (Å²) in [5, 5.41) is 6.31. The van der Waals surface area contributed by atoms with Crippen LogP contribution in [-0.2, 0) is 23.0 Å². The molecule has 0 aliphatic rings. The van der Waals surface area contributed by atoms with Gasteiger partial charge < -0.3 is 10.6 Å². The third kappa shape index (κ3) is 8.65. The Hall–Kier alpha value is -2.45. The van der Waals surface area contributed by atoms with Gasteiger partial charge in [-0.2, -0.15) is 0 Å². The first-order valence-electron chi connectivity index (χ1n) is 9.02. The predicted octanol–water partition coefficient (Wildman–Crippen LogP) is 1.30. The van der Waals surface area contributed by atoms with Crippen molar-refractivity contribution in [1.29, 1.82) is 0 Å². The number of aliphatic imine (C=N–C) groups is 1. The molecule has 3 N–H and O–H groups in total. The van der Waals surface area contributed by atoms with E-state index in [1.165, 1.54) is 0 Å². The van der Waals surface area contributed by atoms with Crippen molar-refractivity contribution in [2.24, 2.45) is 4.99 Å². The number of hydrogen-bond donors (Lipinski definition) is 3. The second-order valence-electron chi connectivity index (χ2n) is 5.88. The maximum absolute atomic E-state index is 12.1. The first kappa shape index (κ1) is 20.9. The van der Waals surface area contributed by atoms with Crippen LogP contribution in [0.15, 0.2) is 59.7 Å². The molecule has 8 heteroatoms. The molecule has 0 bridgehead atoms. The zero-order chi connectivity index (χ0) is 19.4. The molecule has 0 aliphatic heterocycles. The topological polar surface area (TPSA) is 95.5 Å². The highest BCUT2D eigenvalue weighted by molar-refractivity contribution is 7.89. The normalized spacial score (nSPS) is 12.0. The van der Waals surface area contributed by atoms with Gasteiger partial charge in [0.15, 0.2) is 5.96 Å². The molecule has 0 saturated carbocycles. The lowest BCUT2D eigenvalue weighted by Gasteiger charge is -2.11. The molecule has 0 unspecified atom stereocenters. The minimum absolute atomic E-state index is 0.0589. The molecule has 146 valence electrons. The van der Waals surface area contributed by atoms with Crippen LogP contribution in [0.4, 0.5) is 0 Å². The molecule has 0 atom stereocenters. The Morgan fingerprint density at radius 2 is 1.85 bits per heavy atom. The average Bonchev–Trinajstić information content (AvgIpc) is 2.68. The summed E-state index contributed by atoms with van der Waals surface area (Å²) in [6.07, 6.45) is 2.53. The van der Waals surface area contributed by atoms with Crippen LogP contribution in [0.3, 0.4) is 0 Å². The van der Waals surface area contributed by atoms with E-state index in [-0.39, 0.29) is 18.8 Å². The van der Waals surface area contributed by atoms with Gasteiger partial charge in [-0.25, -0.2) is 13.1 Å². The van der Waals surface area contributed by atoms with Gasteiger partial charge in [-0.15, -0.1) is 0 Å². The van der Waals surface area contributed by atoms with Crippen LogP contribution in [0.2, 0.25) is 0 Å². The monoisotopic (exact) mass is 389 g/mol. The Bertz CT molecular complexity index is 795. The van der Waals surface area contributed by atoms with Crippen molar-refractivity contribution in [3.63, 3.8) is 0 Å². The number of sulfonamides is 1. The summed E-state index contributed by atoms with van der Waals surface area (Å²) >= 11 is 0. The summed E-state index contributed by atoms with van der Waals surface area (Å²) in [5.41, 5.74) is 1.92. The fourth-order valence-corrected chi connectivity index (χ4v) is 3.20. The maximum atomic E-state index is 12.1. The number of guanidine groups is 1. The van der Waals surface area contributed by atoms with Crippen molar-refractivity contribution in [1.82, 2.24) is 20.3 Å². The van der Waals surface area contributed by atoms with Crippen LogP contribution in [0.25, 0.3) is 0 Å². The van der Waals surface area contributed by atoms with Crippen molar-refractivity contribution in [3.05, 3.63) is 66.0 Å². The summed E-state index contributed by atoms with van der Waals surface area (Å²) in [4.78, 5) is 8.61. The highest BCUT2D eigenvalue weighted by Gasteiger charge is 2.09. The van der Waals surface area contributed by atoms with Gasteiger partial charge in [0.1, 0.15) is 0 Å². The summed E-state index contributed by atoms with van der Waals surface area (Å²) in [6, 6.07) is 15.2. The number of nitrogens with zero attached hydrogens (tertiary/aromatic N) is 2. The Morgan fingerprint density at radius 1 is 1.07 bits per heavy atom. The molecule has 2 rings (SSSR count). The third-order valence-electron chi connectivity index (χ3n) is 3.71. The van der Waals surface area contributed by atoms with Crippen LogP contribution in [0, 0.1) is 0 Å². The van der Waals surface area contributed by atoms with Crippen LogP contribution < -0.4 is 15.4 Å². The van der Waals surface area contributed by atoms with Gasteiger partial charge >= 0.3 is 0 Å². The molecule has 0 saturated heterocycles. The predicted molar refractivity (Wildman–Crippen MR) is 109 cm³/mol. The first-order valence-corrected chi connectivity index (χ1v) is 10.7. The van der Waals surface area contributed by atoms with E-state index in [4.69, 9.17) is 0 Å². The van der Waals surface area contributed by atoms with Gasteiger partial charge in [-0.1, -0.05) is 36.4 Å². The van der Waals surface area contributed by atoms with Gasteiger partial charge in [0, 0.05) is 37.9 Å². The molecule has 0 aliphatic carbocycles. The van der Waals surface area contributed by atoms with E-state index < -0.39 is 10.0 Å². The smallest absolute Gasteiger partial charge is 0.213 e. The highest BCUT2D eigenvalue weighted by atomic mass is 32.2. The third-order valence-corrected chi connectivity index (χ3v) is 5.02. The Labute approximate surface area is 161 Å². The van der Waals surface area contributed by atoms with Crippen molar-refractivity contribution in [2.75, 3.05) is 25.4 Å². The second kappa shape index (κ2) is 11.3. The lowest BCUT2D eigenvalue weighted by Crippen LogP contribution is -2.39. The largest absolute Gasteiger partial charge is 0.357 e. The molecular weight excluding hydrogens is 362 g/mol. The van der Waals surface area contributed by atoms with E-state index in [2.05, 4.69) is 25.3 Å². The quantitative estimate of drug-likeness (QED) is 0.420. The Morgan fingerprint density at radius 3 is 2.56 bits per heavy atom. The molecule has 0 fully saturated rings. The zero-order valence-electron chi connectivity index (χ0n) is 15.6. The van der Waals surface area contributed by atoms with Crippen LogP contribution in [-0.4, -0.2) is 44.7 Å². The number of nitrogens with one attached hydrogen (secondary N) is 3. The second-order valence-corrected chi connectivity index (χ2v) is 7.81. The molecule has 0 spiro atoms. The first-order chi connectivity index (χ1) is 13.1. The van der Waals surface area contributed by atoms with E-state index in [1.807, 2.05) is 55.5 Å². The Kier molecular flexibility index (Phi) is 8.73. The van der Waals surface area contributed by atoms with Crippen molar-refractivity contribution in [2.45, 2.75) is 19.9 Å². The van der Waals surface area contributed by atoms with Crippen LogP contribution in [0.5, 0.6) is 0 Å². The molecular formula is C19H27N5O2S. The van der Waals surface area contributed by atoms with Crippen molar-refractivity contribution >= 4 is 16.0 Å². The number of rotatable bonds is 10. The lowest BCUT2D eigenvalue weighted by molar-refractivity contribution is 0.581. The number of aromatic nitrogens is 1. The SMILES string of the molecule is CCNC(=NCCS(=O)(=O)NCc1ccccc1)NCCc1ccccn1. The Balaban J connectivity index is 1.77. The molecule has 2 aromatic rings. The maximum Gasteiger partial charge on any atom is 0.213 e. The molecule has 1 aromatic heterocycles. The highest BCUT2D eigenvalue weighted by Crippen LogP contribution is 1.99. The molecule has 1 heterocycles. The summed E-state index contributed by atoms with van der Waals surface area (Å²) in [7, 11) is -3.38. The average molecular weight is 390 g/mol. The number of hydrogen-bond acceptors (Lipinski definition) is 4. The lowest BCUT2D eigenvalue weighted by atomic mass is 10.2. The zero-order valence-corrected chi connectivity index (χ0v) is 16.4. The standard InChI is InChI=1S/C19H27N5O2S/c1-2-20-19(22-13-11-18-10-6-7-12-21-18)23-14-15-27(25,26)24-16-17-8-4-3-5-9-17/h3-10,12,24H,2,11,13-16H2,1H3,(H2,20,22,23). The van der Waals surface area contributed by atoms with E-state index >= 15 is 0 Å². The minimum atomic E-state index is -3.38. The van der Waals surface area contributed by atoms with Gasteiger partial charge in [0.05, 0.1) is 12.3 Å². The van der Waals surface area contributed by atoms with Gasteiger partial charge in [0.25, 0.3) is 0 Å². The van der Waals surface area contributed by atoms with Crippen molar-refractivity contribution < 1.29 is 8.42 Å². The summed E-state index contributed by atoms with van der Waals surface area (Å²) in [6.45, 7) is 3.81. The molecule has 0 radical (unpaired) electrons. The molecule has 7 nitrogen and oxygen atoms in total. The van der Waals surface area contributed by atoms with E-state index in [0.717, 1.165) is 17.7 Å².